The van der Waals surface area contributed by atoms with Crippen molar-refractivity contribution < 1.29 is 4.74 Å². The van der Waals surface area contributed by atoms with Gasteiger partial charge in [-0.25, -0.2) is 4.99 Å². The molecule has 0 atom stereocenters. The molecule has 5 heteroatoms. The second-order valence-corrected chi connectivity index (χ2v) is 7.15. The number of amidine groups is 1. The number of methoxy groups -OCH3 is 1. The minimum Gasteiger partial charge on any atom is -0.497 e. The van der Waals surface area contributed by atoms with Gasteiger partial charge in [0, 0.05) is 43.9 Å². The highest BCUT2D eigenvalue weighted by molar-refractivity contribution is 6.08. The molecule has 3 aliphatic rings. The normalized spacial score (nSPS) is 19.3. The number of aliphatic imine (C=N–C) groups is 1. The fourth-order valence-electron chi connectivity index (χ4n) is 3.94. The van der Waals surface area contributed by atoms with Gasteiger partial charge in [-0.1, -0.05) is 12.1 Å². The Kier molecular flexibility index (Phi) is 3.82. The average Bonchev–Trinajstić information content (AvgIpc) is 3.53. The smallest absolute Gasteiger partial charge is 0.138 e. The number of nitrogens with one attached hydrogen (secondary N) is 1. The van der Waals surface area contributed by atoms with E-state index in [-0.39, 0.29) is 0 Å². The van der Waals surface area contributed by atoms with Crippen LogP contribution >= 0.6 is 0 Å². The van der Waals surface area contributed by atoms with Crippen LogP contribution in [-0.4, -0.2) is 50.1 Å². The number of hydrogen-bond acceptors (Lipinski definition) is 5. The van der Waals surface area contributed by atoms with Crippen LogP contribution in [0.3, 0.4) is 0 Å². The van der Waals surface area contributed by atoms with Crippen molar-refractivity contribution >= 4 is 22.9 Å². The van der Waals surface area contributed by atoms with Gasteiger partial charge in [0.15, 0.2) is 0 Å². The van der Waals surface area contributed by atoms with Crippen LogP contribution in [0.15, 0.2) is 47.5 Å². The van der Waals surface area contributed by atoms with E-state index in [1.165, 1.54) is 24.1 Å². The Labute approximate surface area is 154 Å². The lowest BCUT2D eigenvalue weighted by atomic mass is 10.1. The summed E-state index contributed by atoms with van der Waals surface area (Å²) < 4.78 is 5.51. The first-order valence-corrected chi connectivity index (χ1v) is 9.46. The number of benzene rings is 2. The van der Waals surface area contributed by atoms with Crippen molar-refractivity contribution in [1.82, 2.24) is 10.2 Å². The number of piperazine rings is 1. The van der Waals surface area contributed by atoms with Crippen molar-refractivity contribution in [1.29, 1.82) is 0 Å². The summed E-state index contributed by atoms with van der Waals surface area (Å²) in [6, 6.07) is 15.5. The summed E-state index contributed by atoms with van der Waals surface area (Å²) in [4.78, 5) is 10.1. The number of nitrogens with zero attached hydrogens (tertiary/aromatic N) is 3. The molecular weight excluding hydrogens is 324 g/mol. The van der Waals surface area contributed by atoms with Gasteiger partial charge in [0.25, 0.3) is 0 Å². The molecule has 0 amide bonds. The summed E-state index contributed by atoms with van der Waals surface area (Å²) >= 11 is 0. The number of hydrogen-bond donors (Lipinski definition) is 1. The van der Waals surface area contributed by atoms with Crippen molar-refractivity contribution in [2.75, 3.05) is 38.2 Å². The van der Waals surface area contributed by atoms with Crippen LogP contribution in [0.5, 0.6) is 5.75 Å². The summed E-state index contributed by atoms with van der Waals surface area (Å²) in [5.74, 6) is 1.98. The topological polar surface area (TPSA) is 40.1 Å². The molecule has 2 heterocycles. The minimum atomic E-state index is 0.555. The van der Waals surface area contributed by atoms with Gasteiger partial charge in [-0.15, -0.1) is 0 Å². The average molecular weight is 348 g/mol. The van der Waals surface area contributed by atoms with Crippen LogP contribution in [0, 0.1) is 0 Å². The monoisotopic (exact) mass is 348 g/mol. The predicted molar refractivity (Wildman–Crippen MR) is 105 cm³/mol. The van der Waals surface area contributed by atoms with Crippen LogP contribution in [0.1, 0.15) is 18.4 Å². The molecule has 1 aliphatic carbocycles. The first kappa shape index (κ1) is 15.7. The first-order chi connectivity index (χ1) is 12.8. The largest absolute Gasteiger partial charge is 0.497 e. The molecule has 0 aromatic heterocycles. The van der Waals surface area contributed by atoms with Crippen molar-refractivity contribution in [3.05, 3.63) is 48.0 Å². The fourth-order valence-corrected chi connectivity index (χ4v) is 3.94. The number of anilines is 2. The van der Waals surface area contributed by atoms with Crippen molar-refractivity contribution in [3.63, 3.8) is 0 Å². The molecule has 2 aromatic carbocycles. The Morgan fingerprint density at radius 1 is 1.04 bits per heavy atom. The molecule has 2 fully saturated rings. The molecule has 1 saturated heterocycles. The maximum absolute atomic E-state index is 5.51. The Morgan fingerprint density at radius 2 is 1.85 bits per heavy atom. The quantitative estimate of drug-likeness (QED) is 0.904. The second kappa shape index (κ2) is 6.32. The number of rotatable bonds is 2. The molecule has 5 rings (SSSR count). The van der Waals surface area contributed by atoms with Gasteiger partial charge in [0.2, 0.25) is 0 Å². The molecule has 5 nitrogen and oxygen atoms in total. The van der Waals surface area contributed by atoms with Crippen LogP contribution in [0.4, 0.5) is 17.1 Å². The van der Waals surface area contributed by atoms with Gasteiger partial charge in [-0.05, 0) is 37.1 Å². The summed E-state index contributed by atoms with van der Waals surface area (Å²) in [6.07, 6.45) is 2.46. The van der Waals surface area contributed by atoms with E-state index in [9.17, 15) is 0 Å². The van der Waals surface area contributed by atoms with E-state index >= 15 is 0 Å². The predicted octanol–water partition coefficient (Wildman–Crippen LogP) is 3.29. The lowest BCUT2D eigenvalue weighted by molar-refractivity contribution is 0.358. The number of para-hydroxylation sites is 1. The molecule has 0 radical (unpaired) electrons. The van der Waals surface area contributed by atoms with Gasteiger partial charge in [-0.2, -0.15) is 0 Å². The Morgan fingerprint density at radius 3 is 2.62 bits per heavy atom. The molecule has 134 valence electrons. The highest BCUT2D eigenvalue weighted by atomic mass is 16.5. The third-order valence-electron chi connectivity index (χ3n) is 5.40. The summed E-state index contributed by atoms with van der Waals surface area (Å²) in [5, 5.41) is 3.44. The van der Waals surface area contributed by atoms with Gasteiger partial charge < -0.3 is 19.9 Å². The summed E-state index contributed by atoms with van der Waals surface area (Å²) in [6.45, 7) is 3.98. The van der Waals surface area contributed by atoms with E-state index in [1.54, 1.807) is 7.11 Å². The maximum Gasteiger partial charge on any atom is 0.138 e. The summed E-state index contributed by atoms with van der Waals surface area (Å²) in [7, 11) is 1.73. The molecular formula is C21H24N4O. The third kappa shape index (κ3) is 2.63. The molecule has 2 aliphatic heterocycles. The molecule has 1 saturated carbocycles. The van der Waals surface area contributed by atoms with E-state index in [0.717, 1.165) is 49.1 Å². The fraction of sp³-hybridized carbons (Fsp3) is 0.381. The number of fused-ring (bicyclic) bond motifs is 2. The minimum absolute atomic E-state index is 0.555. The molecule has 26 heavy (non-hydrogen) atoms. The zero-order valence-corrected chi connectivity index (χ0v) is 15.1. The van der Waals surface area contributed by atoms with Crippen molar-refractivity contribution in [3.8, 4) is 5.75 Å². The lowest BCUT2D eigenvalue weighted by Gasteiger charge is -2.31. The Bertz CT molecular complexity index is 853. The standard InChI is InChI=1S/C21H24N4O/c1-26-16-8-9-18-20(14-16)25(15-6-7-15)19-5-3-2-4-17(19)21(23-18)24-12-10-22-11-13-24/h2-5,8-9,14-15,22H,6-7,10-13H2,1H3. The van der Waals surface area contributed by atoms with Gasteiger partial charge >= 0.3 is 0 Å². The van der Waals surface area contributed by atoms with Crippen LogP contribution in [0.2, 0.25) is 0 Å². The van der Waals surface area contributed by atoms with Crippen LogP contribution in [-0.2, 0) is 0 Å². The van der Waals surface area contributed by atoms with E-state index in [0.29, 0.717) is 6.04 Å². The van der Waals surface area contributed by atoms with Gasteiger partial charge in [-0.3, -0.25) is 0 Å². The zero-order valence-electron chi connectivity index (χ0n) is 15.1. The molecule has 2 aromatic rings. The number of ether oxygens (including phenoxy) is 1. The SMILES string of the molecule is COc1ccc2c(c1)N(C1CC1)c1ccccc1C(N1CCNCC1)=N2. The van der Waals surface area contributed by atoms with E-state index in [2.05, 4.69) is 51.5 Å². The maximum atomic E-state index is 5.51. The van der Waals surface area contributed by atoms with Crippen molar-refractivity contribution in [2.45, 2.75) is 18.9 Å². The molecule has 0 bridgehead atoms. The highest BCUT2D eigenvalue weighted by Crippen LogP contribution is 2.47. The van der Waals surface area contributed by atoms with Crippen LogP contribution < -0.4 is 15.0 Å². The van der Waals surface area contributed by atoms with Crippen LogP contribution in [0.25, 0.3) is 0 Å². The zero-order chi connectivity index (χ0) is 17.5. The highest BCUT2D eigenvalue weighted by Gasteiger charge is 2.36. The van der Waals surface area contributed by atoms with Crippen molar-refractivity contribution in [2.24, 2.45) is 4.99 Å². The van der Waals surface area contributed by atoms with Gasteiger partial charge in [0.05, 0.1) is 24.2 Å². The first-order valence-electron chi connectivity index (χ1n) is 9.46. The molecule has 0 unspecified atom stereocenters. The molecule has 1 N–H and O–H groups in total. The Balaban J connectivity index is 1.72. The lowest BCUT2D eigenvalue weighted by Crippen LogP contribution is -2.46. The van der Waals surface area contributed by atoms with Gasteiger partial charge in [0.1, 0.15) is 11.6 Å². The Hall–Kier alpha value is -2.53. The van der Waals surface area contributed by atoms with E-state index in [4.69, 9.17) is 9.73 Å². The second-order valence-electron chi connectivity index (χ2n) is 7.15. The van der Waals surface area contributed by atoms with E-state index in [1.807, 2.05) is 6.07 Å². The van der Waals surface area contributed by atoms with E-state index < -0.39 is 0 Å². The summed E-state index contributed by atoms with van der Waals surface area (Å²) in [5.41, 5.74) is 4.68. The molecule has 0 spiro atoms. The third-order valence-corrected chi connectivity index (χ3v) is 5.40.